The Labute approximate surface area is 122 Å². The predicted octanol–water partition coefficient (Wildman–Crippen LogP) is 2.33. The number of nitrogens with zero attached hydrogens (tertiary/aromatic N) is 1. The first-order valence-electron chi connectivity index (χ1n) is 8.00. The molecule has 3 rings (SSSR count). The van der Waals surface area contributed by atoms with Crippen molar-refractivity contribution in [2.75, 3.05) is 26.2 Å². The first kappa shape index (κ1) is 14.1. The number of rotatable bonds is 4. The van der Waals surface area contributed by atoms with Gasteiger partial charge in [0.1, 0.15) is 0 Å². The molecule has 0 bridgehead atoms. The Kier molecular flexibility index (Phi) is 4.71. The van der Waals surface area contributed by atoms with Crippen molar-refractivity contribution in [3.05, 3.63) is 34.9 Å². The molecule has 1 saturated heterocycles. The number of likely N-dealkylation sites (tertiary alicyclic amines) is 1. The lowest BCUT2D eigenvalue weighted by molar-refractivity contribution is 0.0125. The molecule has 0 aliphatic carbocycles. The molecule has 110 valence electrons. The standard InChI is InChI=1S/C17H26N2O/c1-2-20-17-6-9-19(10-7-17)13-14-3-4-15-5-8-18-12-16(15)11-14/h3-4,11,17-18H,2,5-10,12-13H2,1H3. The summed E-state index contributed by atoms with van der Waals surface area (Å²) in [6, 6.07) is 7.05. The summed E-state index contributed by atoms with van der Waals surface area (Å²) in [5.74, 6) is 0. The molecule has 2 aliphatic heterocycles. The average molecular weight is 274 g/mol. The number of piperidine rings is 1. The van der Waals surface area contributed by atoms with E-state index in [1.807, 2.05) is 0 Å². The third kappa shape index (κ3) is 3.40. The van der Waals surface area contributed by atoms with Gasteiger partial charge in [0.15, 0.2) is 0 Å². The van der Waals surface area contributed by atoms with E-state index in [1.165, 1.54) is 49.0 Å². The van der Waals surface area contributed by atoms with Gasteiger partial charge < -0.3 is 10.1 Å². The van der Waals surface area contributed by atoms with Crippen LogP contribution in [-0.4, -0.2) is 37.2 Å². The molecule has 2 heterocycles. The molecule has 3 heteroatoms. The Hall–Kier alpha value is -0.900. The molecule has 0 amide bonds. The normalized spacial score (nSPS) is 20.9. The van der Waals surface area contributed by atoms with Gasteiger partial charge in [0.25, 0.3) is 0 Å². The lowest BCUT2D eigenvalue weighted by Gasteiger charge is -2.32. The summed E-state index contributed by atoms with van der Waals surface area (Å²) in [6.45, 7) is 8.52. The van der Waals surface area contributed by atoms with Crippen LogP contribution in [0.5, 0.6) is 0 Å². The van der Waals surface area contributed by atoms with Gasteiger partial charge >= 0.3 is 0 Å². The fourth-order valence-corrected chi connectivity index (χ4v) is 3.36. The molecule has 0 atom stereocenters. The fourth-order valence-electron chi connectivity index (χ4n) is 3.36. The molecule has 1 N–H and O–H groups in total. The molecule has 1 aromatic carbocycles. The van der Waals surface area contributed by atoms with E-state index in [4.69, 9.17) is 4.74 Å². The van der Waals surface area contributed by atoms with Crippen LogP contribution in [0, 0.1) is 0 Å². The van der Waals surface area contributed by atoms with Crippen LogP contribution in [0.4, 0.5) is 0 Å². The van der Waals surface area contributed by atoms with Crippen LogP contribution in [-0.2, 0) is 24.2 Å². The van der Waals surface area contributed by atoms with Crippen molar-refractivity contribution in [2.24, 2.45) is 0 Å². The lowest BCUT2D eigenvalue weighted by atomic mass is 9.98. The van der Waals surface area contributed by atoms with Crippen LogP contribution in [0.15, 0.2) is 18.2 Å². The summed E-state index contributed by atoms with van der Waals surface area (Å²) in [4.78, 5) is 2.56. The minimum atomic E-state index is 0.490. The predicted molar refractivity (Wildman–Crippen MR) is 81.8 cm³/mol. The topological polar surface area (TPSA) is 24.5 Å². The van der Waals surface area contributed by atoms with Gasteiger partial charge in [0.05, 0.1) is 6.10 Å². The van der Waals surface area contributed by atoms with Crippen molar-refractivity contribution >= 4 is 0 Å². The maximum atomic E-state index is 5.72. The zero-order valence-corrected chi connectivity index (χ0v) is 12.5. The molecule has 0 saturated carbocycles. The molecule has 2 aliphatic rings. The third-order valence-corrected chi connectivity index (χ3v) is 4.50. The van der Waals surface area contributed by atoms with Gasteiger partial charge in [0.2, 0.25) is 0 Å². The molecular weight excluding hydrogens is 248 g/mol. The van der Waals surface area contributed by atoms with Gasteiger partial charge in [-0.15, -0.1) is 0 Å². The smallest absolute Gasteiger partial charge is 0.0599 e. The second kappa shape index (κ2) is 6.70. The molecule has 1 aromatic rings. The highest BCUT2D eigenvalue weighted by Gasteiger charge is 2.19. The van der Waals surface area contributed by atoms with E-state index in [1.54, 1.807) is 0 Å². The van der Waals surface area contributed by atoms with Crippen molar-refractivity contribution in [3.8, 4) is 0 Å². The third-order valence-electron chi connectivity index (χ3n) is 4.50. The SMILES string of the molecule is CCOC1CCN(Cc2ccc3c(c2)CNCC3)CC1. The van der Waals surface area contributed by atoms with E-state index < -0.39 is 0 Å². The van der Waals surface area contributed by atoms with E-state index in [0.717, 1.165) is 26.2 Å². The lowest BCUT2D eigenvalue weighted by Crippen LogP contribution is -2.36. The maximum absolute atomic E-state index is 5.72. The highest BCUT2D eigenvalue weighted by molar-refractivity contribution is 5.33. The summed E-state index contributed by atoms with van der Waals surface area (Å²) in [5, 5.41) is 3.46. The Balaban J connectivity index is 1.56. The van der Waals surface area contributed by atoms with Crippen molar-refractivity contribution in [3.63, 3.8) is 0 Å². The number of hydrogen-bond donors (Lipinski definition) is 1. The Morgan fingerprint density at radius 1 is 1.25 bits per heavy atom. The van der Waals surface area contributed by atoms with E-state index in [0.29, 0.717) is 6.10 Å². The number of nitrogens with one attached hydrogen (secondary N) is 1. The van der Waals surface area contributed by atoms with E-state index in [-0.39, 0.29) is 0 Å². The molecule has 20 heavy (non-hydrogen) atoms. The second-order valence-electron chi connectivity index (χ2n) is 5.96. The molecular formula is C17H26N2O. The molecule has 0 radical (unpaired) electrons. The van der Waals surface area contributed by atoms with Gasteiger partial charge in [-0.1, -0.05) is 18.2 Å². The Bertz CT molecular complexity index is 439. The summed E-state index contributed by atoms with van der Waals surface area (Å²) in [7, 11) is 0. The van der Waals surface area contributed by atoms with Gasteiger partial charge in [-0.3, -0.25) is 4.90 Å². The Morgan fingerprint density at radius 2 is 2.10 bits per heavy atom. The largest absolute Gasteiger partial charge is 0.378 e. The monoisotopic (exact) mass is 274 g/mol. The van der Waals surface area contributed by atoms with Crippen LogP contribution in [0.3, 0.4) is 0 Å². The highest BCUT2D eigenvalue weighted by Crippen LogP contribution is 2.19. The highest BCUT2D eigenvalue weighted by atomic mass is 16.5. The van der Waals surface area contributed by atoms with Crippen molar-refractivity contribution in [1.82, 2.24) is 10.2 Å². The van der Waals surface area contributed by atoms with Crippen LogP contribution >= 0.6 is 0 Å². The first-order chi connectivity index (χ1) is 9.85. The zero-order valence-electron chi connectivity index (χ0n) is 12.5. The molecule has 1 fully saturated rings. The first-order valence-corrected chi connectivity index (χ1v) is 8.00. The average Bonchev–Trinajstić information content (AvgIpc) is 2.49. The molecule has 0 spiro atoms. The number of ether oxygens (including phenoxy) is 1. The van der Waals surface area contributed by atoms with Crippen LogP contribution in [0.1, 0.15) is 36.5 Å². The van der Waals surface area contributed by atoms with Crippen LogP contribution in [0.2, 0.25) is 0 Å². The van der Waals surface area contributed by atoms with E-state index in [2.05, 4.69) is 35.3 Å². The fraction of sp³-hybridized carbons (Fsp3) is 0.647. The van der Waals surface area contributed by atoms with Gasteiger partial charge in [0, 0.05) is 32.8 Å². The van der Waals surface area contributed by atoms with Crippen molar-refractivity contribution in [2.45, 2.75) is 45.4 Å². The summed E-state index contributed by atoms with van der Waals surface area (Å²) in [6.07, 6.45) is 4.03. The number of benzene rings is 1. The minimum Gasteiger partial charge on any atom is -0.378 e. The van der Waals surface area contributed by atoms with Gasteiger partial charge in [-0.2, -0.15) is 0 Å². The van der Waals surface area contributed by atoms with Crippen LogP contribution < -0.4 is 5.32 Å². The van der Waals surface area contributed by atoms with Gasteiger partial charge in [-0.05, 0) is 49.4 Å². The quantitative estimate of drug-likeness (QED) is 0.912. The number of fused-ring (bicyclic) bond motifs is 1. The summed E-state index contributed by atoms with van der Waals surface area (Å²) in [5.41, 5.74) is 4.49. The maximum Gasteiger partial charge on any atom is 0.0599 e. The number of hydrogen-bond acceptors (Lipinski definition) is 3. The molecule has 0 unspecified atom stereocenters. The molecule has 3 nitrogen and oxygen atoms in total. The zero-order chi connectivity index (χ0) is 13.8. The Morgan fingerprint density at radius 3 is 2.90 bits per heavy atom. The summed E-state index contributed by atoms with van der Waals surface area (Å²) < 4.78 is 5.72. The van der Waals surface area contributed by atoms with Gasteiger partial charge in [-0.25, -0.2) is 0 Å². The van der Waals surface area contributed by atoms with Crippen molar-refractivity contribution < 1.29 is 4.74 Å². The minimum absolute atomic E-state index is 0.490. The second-order valence-corrected chi connectivity index (χ2v) is 5.96. The summed E-state index contributed by atoms with van der Waals surface area (Å²) >= 11 is 0. The van der Waals surface area contributed by atoms with E-state index in [9.17, 15) is 0 Å². The molecule has 0 aromatic heterocycles. The van der Waals surface area contributed by atoms with E-state index >= 15 is 0 Å². The van der Waals surface area contributed by atoms with Crippen molar-refractivity contribution in [1.29, 1.82) is 0 Å². The van der Waals surface area contributed by atoms with Crippen LogP contribution in [0.25, 0.3) is 0 Å².